The number of rotatable bonds is 6. The van der Waals surface area contributed by atoms with Gasteiger partial charge in [0.2, 0.25) is 0 Å². The molecule has 2 aromatic rings. The molecule has 7 heteroatoms. The standard InChI is InChI=1S/C21H29N5O2/c1-4-26(5-2)20-10-7-16(14-23-20)15-24-21(22-3)25-17-8-9-18-19(13-17)28-12-6-11-27-18/h7-10,13-14H,4-6,11-12,15H2,1-3H3,(H2,22,24,25). The summed E-state index contributed by atoms with van der Waals surface area (Å²) in [5.41, 5.74) is 1.99. The largest absolute Gasteiger partial charge is 0.490 e. The highest BCUT2D eigenvalue weighted by Crippen LogP contribution is 2.32. The topological polar surface area (TPSA) is 71.0 Å². The molecule has 1 aliphatic heterocycles. The SMILES string of the molecule is CCN(CC)c1ccc(CNC(=NC)Nc2ccc3c(c2)OCCCO3)cn1. The molecular weight excluding hydrogens is 354 g/mol. The van der Waals surface area contributed by atoms with E-state index in [0.717, 1.165) is 48.1 Å². The Kier molecular flexibility index (Phi) is 6.94. The first-order valence-corrected chi connectivity index (χ1v) is 9.80. The van der Waals surface area contributed by atoms with Gasteiger partial charge in [0.05, 0.1) is 13.2 Å². The normalized spacial score (nSPS) is 13.6. The van der Waals surface area contributed by atoms with Gasteiger partial charge in [0, 0.05) is 51.1 Å². The van der Waals surface area contributed by atoms with E-state index < -0.39 is 0 Å². The van der Waals surface area contributed by atoms with Crippen LogP contribution in [0.25, 0.3) is 0 Å². The highest BCUT2D eigenvalue weighted by atomic mass is 16.5. The van der Waals surface area contributed by atoms with Gasteiger partial charge in [-0.2, -0.15) is 0 Å². The second-order valence-electron chi connectivity index (χ2n) is 6.46. The van der Waals surface area contributed by atoms with E-state index >= 15 is 0 Å². The number of ether oxygens (including phenoxy) is 2. The van der Waals surface area contributed by atoms with Gasteiger partial charge in [-0.1, -0.05) is 6.07 Å². The number of pyridine rings is 1. The number of aliphatic imine (C=N–C) groups is 1. The van der Waals surface area contributed by atoms with E-state index in [9.17, 15) is 0 Å². The van der Waals surface area contributed by atoms with Crippen LogP contribution >= 0.6 is 0 Å². The number of anilines is 2. The number of nitrogens with one attached hydrogen (secondary N) is 2. The second kappa shape index (κ2) is 9.82. The van der Waals surface area contributed by atoms with Crippen LogP contribution in [0.15, 0.2) is 41.5 Å². The Morgan fingerprint density at radius 3 is 2.57 bits per heavy atom. The molecule has 7 nitrogen and oxygen atoms in total. The number of hydrogen-bond donors (Lipinski definition) is 2. The van der Waals surface area contributed by atoms with Gasteiger partial charge in [0.15, 0.2) is 17.5 Å². The van der Waals surface area contributed by atoms with E-state index in [1.54, 1.807) is 7.05 Å². The van der Waals surface area contributed by atoms with Gasteiger partial charge in [0.25, 0.3) is 0 Å². The van der Waals surface area contributed by atoms with Crippen molar-refractivity contribution in [3.8, 4) is 11.5 Å². The predicted octanol–water partition coefficient (Wildman–Crippen LogP) is 3.28. The Bertz CT molecular complexity index is 788. The Balaban J connectivity index is 1.58. The Morgan fingerprint density at radius 1 is 1.11 bits per heavy atom. The van der Waals surface area contributed by atoms with Crippen molar-refractivity contribution < 1.29 is 9.47 Å². The molecule has 28 heavy (non-hydrogen) atoms. The number of guanidine groups is 1. The quantitative estimate of drug-likeness (QED) is 0.589. The number of aromatic nitrogens is 1. The van der Waals surface area contributed by atoms with E-state index in [-0.39, 0.29) is 0 Å². The van der Waals surface area contributed by atoms with Gasteiger partial charge in [-0.25, -0.2) is 4.98 Å². The highest BCUT2D eigenvalue weighted by molar-refractivity contribution is 5.93. The predicted molar refractivity (Wildman–Crippen MR) is 114 cm³/mol. The van der Waals surface area contributed by atoms with Crippen LogP contribution in [0, 0.1) is 0 Å². The molecule has 2 N–H and O–H groups in total. The molecule has 1 aromatic heterocycles. The lowest BCUT2D eigenvalue weighted by atomic mass is 10.2. The lowest BCUT2D eigenvalue weighted by molar-refractivity contribution is 0.297. The molecule has 0 fully saturated rings. The van der Waals surface area contributed by atoms with Crippen molar-refractivity contribution in [2.24, 2.45) is 4.99 Å². The fourth-order valence-electron chi connectivity index (χ4n) is 3.00. The zero-order chi connectivity index (χ0) is 19.8. The number of hydrogen-bond acceptors (Lipinski definition) is 5. The maximum absolute atomic E-state index is 5.74. The van der Waals surface area contributed by atoms with Crippen LogP contribution in [-0.4, -0.2) is 44.3 Å². The van der Waals surface area contributed by atoms with Crippen molar-refractivity contribution in [1.29, 1.82) is 0 Å². The van der Waals surface area contributed by atoms with Crippen LogP contribution < -0.4 is 25.0 Å². The molecule has 0 saturated heterocycles. The number of benzene rings is 1. The van der Waals surface area contributed by atoms with E-state index in [0.29, 0.717) is 25.7 Å². The van der Waals surface area contributed by atoms with Crippen LogP contribution in [0.2, 0.25) is 0 Å². The summed E-state index contributed by atoms with van der Waals surface area (Å²) in [7, 11) is 1.75. The first-order chi connectivity index (χ1) is 13.7. The fourth-order valence-corrected chi connectivity index (χ4v) is 3.00. The average Bonchev–Trinajstić information content (AvgIpc) is 2.98. The van der Waals surface area contributed by atoms with E-state index in [4.69, 9.17) is 9.47 Å². The van der Waals surface area contributed by atoms with E-state index in [1.807, 2.05) is 24.4 Å². The summed E-state index contributed by atoms with van der Waals surface area (Å²) in [6, 6.07) is 9.97. The van der Waals surface area contributed by atoms with Gasteiger partial charge in [-0.3, -0.25) is 4.99 Å². The third kappa shape index (κ3) is 5.06. The summed E-state index contributed by atoms with van der Waals surface area (Å²) < 4.78 is 11.4. The molecule has 1 aliphatic rings. The molecule has 0 amide bonds. The summed E-state index contributed by atoms with van der Waals surface area (Å²) in [5, 5.41) is 6.61. The fraction of sp³-hybridized carbons (Fsp3) is 0.429. The molecule has 2 heterocycles. The summed E-state index contributed by atoms with van der Waals surface area (Å²) >= 11 is 0. The molecule has 1 aromatic carbocycles. The lowest BCUT2D eigenvalue weighted by Crippen LogP contribution is -2.30. The van der Waals surface area contributed by atoms with Crippen LogP contribution in [0.4, 0.5) is 11.5 Å². The molecule has 0 spiro atoms. The zero-order valence-corrected chi connectivity index (χ0v) is 16.9. The minimum Gasteiger partial charge on any atom is -0.490 e. The molecular formula is C21H29N5O2. The van der Waals surface area contributed by atoms with Gasteiger partial charge < -0.3 is 25.0 Å². The summed E-state index contributed by atoms with van der Waals surface area (Å²) in [5.74, 6) is 3.23. The smallest absolute Gasteiger partial charge is 0.195 e. The summed E-state index contributed by atoms with van der Waals surface area (Å²) in [4.78, 5) is 11.1. The van der Waals surface area contributed by atoms with Crippen molar-refractivity contribution >= 4 is 17.5 Å². The third-order valence-corrected chi connectivity index (χ3v) is 4.59. The van der Waals surface area contributed by atoms with Crippen molar-refractivity contribution in [2.45, 2.75) is 26.8 Å². The van der Waals surface area contributed by atoms with Crippen molar-refractivity contribution in [3.63, 3.8) is 0 Å². The van der Waals surface area contributed by atoms with Crippen molar-refractivity contribution in [3.05, 3.63) is 42.1 Å². The third-order valence-electron chi connectivity index (χ3n) is 4.59. The molecule has 0 atom stereocenters. The molecule has 0 bridgehead atoms. The molecule has 0 aliphatic carbocycles. The summed E-state index contributed by atoms with van der Waals surface area (Å²) in [6.45, 7) is 8.16. The van der Waals surface area contributed by atoms with E-state index in [1.165, 1.54) is 0 Å². The van der Waals surface area contributed by atoms with Crippen LogP contribution in [-0.2, 0) is 6.54 Å². The van der Waals surface area contributed by atoms with Crippen LogP contribution in [0.5, 0.6) is 11.5 Å². The molecule has 0 saturated carbocycles. The Labute approximate surface area is 166 Å². The molecule has 0 unspecified atom stereocenters. The van der Waals surface area contributed by atoms with Gasteiger partial charge in [-0.15, -0.1) is 0 Å². The van der Waals surface area contributed by atoms with Gasteiger partial charge in [0.1, 0.15) is 5.82 Å². The first-order valence-electron chi connectivity index (χ1n) is 9.80. The molecule has 3 rings (SSSR count). The van der Waals surface area contributed by atoms with Crippen LogP contribution in [0.3, 0.4) is 0 Å². The Morgan fingerprint density at radius 2 is 1.89 bits per heavy atom. The maximum atomic E-state index is 5.74. The summed E-state index contributed by atoms with van der Waals surface area (Å²) in [6.07, 6.45) is 2.79. The molecule has 150 valence electrons. The second-order valence-corrected chi connectivity index (χ2v) is 6.46. The van der Waals surface area contributed by atoms with Crippen LogP contribution in [0.1, 0.15) is 25.8 Å². The zero-order valence-electron chi connectivity index (χ0n) is 16.9. The van der Waals surface area contributed by atoms with Gasteiger partial charge in [-0.05, 0) is 37.6 Å². The maximum Gasteiger partial charge on any atom is 0.195 e. The monoisotopic (exact) mass is 383 g/mol. The lowest BCUT2D eigenvalue weighted by Gasteiger charge is -2.19. The van der Waals surface area contributed by atoms with Crippen molar-refractivity contribution in [1.82, 2.24) is 10.3 Å². The van der Waals surface area contributed by atoms with Gasteiger partial charge >= 0.3 is 0 Å². The highest BCUT2D eigenvalue weighted by Gasteiger charge is 2.11. The van der Waals surface area contributed by atoms with E-state index in [2.05, 4.69) is 51.5 Å². The molecule has 0 radical (unpaired) electrons. The minimum atomic E-state index is 0.635. The first kappa shape index (κ1) is 19.8. The minimum absolute atomic E-state index is 0.635. The average molecular weight is 383 g/mol. The Hall–Kier alpha value is -2.96. The number of fused-ring (bicyclic) bond motifs is 1. The van der Waals surface area contributed by atoms with Crippen molar-refractivity contribution in [2.75, 3.05) is 43.6 Å². The number of nitrogens with zero attached hydrogens (tertiary/aromatic N) is 3.